The molecule has 1 aromatic rings. The first kappa shape index (κ1) is 15.7. The standard InChI is InChI=1S/C14H18N2O4/c1-20-14(19)7-8-15-13(18)10-16-12(17)9-11-5-3-2-4-6-11/h2-6H,7-10H2,1H3,(H,15,18)(H,16,17). The van der Waals surface area contributed by atoms with Gasteiger partial charge in [0, 0.05) is 6.54 Å². The molecule has 0 heterocycles. The third-order valence-corrected chi connectivity index (χ3v) is 2.53. The van der Waals surface area contributed by atoms with Crippen molar-refractivity contribution in [2.24, 2.45) is 0 Å². The zero-order chi connectivity index (χ0) is 14.8. The quantitative estimate of drug-likeness (QED) is 0.689. The zero-order valence-electron chi connectivity index (χ0n) is 11.3. The van der Waals surface area contributed by atoms with E-state index in [-0.39, 0.29) is 37.7 Å². The lowest BCUT2D eigenvalue weighted by molar-refractivity contribution is -0.140. The average Bonchev–Trinajstić information content (AvgIpc) is 2.46. The van der Waals surface area contributed by atoms with Crippen LogP contribution >= 0.6 is 0 Å². The lowest BCUT2D eigenvalue weighted by Crippen LogP contribution is -2.38. The number of benzene rings is 1. The fourth-order valence-corrected chi connectivity index (χ4v) is 1.49. The Balaban J connectivity index is 2.17. The van der Waals surface area contributed by atoms with Gasteiger partial charge < -0.3 is 15.4 Å². The SMILES string of the molecule is COC(=O)CCNC(=O)CNC(=O)Cc1ccccc1. The van der Waals surface area contributed by atoms with Crippen LogP contribution in [0.5, 0.6) is 0 Å². The van der Waals surface area contributed by atoms with Gasteiger partial charge in [-0.3, -0.25) is 14.4 Å². The normalized spacial score (nSPS) is 9.65. The van der Waals surface area contributed by atoms with Gasteiger partial charge in [-0.25, -0.2) is 0 Å². The van der Waals surface area contributed by atoms with Crippen LogP contribution in [0.2, 0.25) is 0 Å². The van der Waals surface area contributed by atoms with Gasteiger partial charge in [0.05, 0.1) is 26.5 Å². The highest BCUT2D eigenvalue weighted by molar-refractivity contribution is 5.85. The van der Waals surface area contributed by atoms with Gasteiger partial charge >= 0.3 is 5.97 Å². The number of hydrogen-bond donors (Lipinski definition) is 2. The lowest BCUT2D eigenvalue weighted by Gasteiger charge is -2.06. The highest BCUT2D eigenvalue weighted by Crippen LogP contribution is 1.98. The van der Waals surface area contributed by atoms with Crippen molar-refractivity contribution >= 4 is 17.8 Å². The highest BCUT2D eigenvalue weighted by Gasteiger charge is 2.07. The van der Waals surface area contributed by atoms with E-state index < -0.39 is 5.97 Å². The molecule has 6 heteroatoms. The second-order valence-electron chi connectivity index (χ2n) is 4.12. The van der Waals surface area contributed by atoms with Crippen molar-refractivity contribution < 1.29 is 19.1 Å². The molecular formula is C14H18N2O4. The number of methoxy groups -OCH3 is 1. The van der Waals surface area contributed by atoms with Gasteiger partial charge in [-0.2, -0.15) is 0 Å². The Morgan fingerprint density at radius 1 is 1.05 bits per heavy atom. The Labute approximate surface area is 117 Å². The molecule has 0 unspecified atom stereocenters. The van der Waals surface area contributed by atoms with Gasteiger partial charge in [0.2, 0.25) is 11.8 Å². The van der Waals surface area contributed by atoms with Crippen LogP contribution in [0.4, 0.5) is 0 Å². The first-order valence-corrected chi connectivity index (χ1v) is 6.26. The van der Waals surface area contributed by atoms with E-state index in [2.05, 4.69) is 15.4 Å². The molecule has 2 amide bonds. The highest BCUT2D eigenvalue weighted by atomic mass is 16.5. The van der Waals surface area contributed by atoms with Crippen LogP contribution in [0.25, 0.3) is 0 Å². The van der Waals surface area contributed by atoms with Crippen molar-refractivity contribution in [2.45, 2.75) is 12.8 Å². The maximum absolute atomic E-state index is 11.6. The van der Waals surface area contributed by atoms with Gasteiger partial charge in [0.1, 0.15) is 0 Å². The number of carbonyl (C=O) groups is 3. The van der Waals surface area contributed by atoms with Crippen LogP contribution < -0.4 is 10.6 Å². The van der Waals surface area contributed by atoms with Crippen LogP contribution in [-0.4, -0.2) is 38.0 Å². The summed E-state index contributed by atoms with van der Waals surface area (Å²) >= 11 is 0. The van der Waals surface area contributed by atoms with Crippen molar-refractivity contribution in [1.29, 1.82) is 0 Å². The van der Waals surface area contributed by atoms with Gasteiger partial charge in [-0.15, -0.1) is 0 Å². The number of nitrogens with one attached hydrogen (secondary N) is 2. The second-order valence-corrected chi connectivity index (χ2v) is 4.12. The van der Waals surface area contributed by atoms with Gasteiger partial charge in [0.15, 0.2) is 0 Å². The van der Waals surface area contributed by atoms with Crippen LogP contribution in [0.3, 0.4) is 0 Å². The van der Waals surface area contributed by atoms with E-state index >= 15 is 0 Å². The fraction of sp³-hybridized carbons (Fsp3) is 0.357. The topological polar surface area (TPSA) is 84.5 Å². The van der Waals surface area contributed by atoms with E-state index in [0.29, 0.717) is 0 Å². The van der Waals surface area contributed by atoms with Crippen molar-refractivity contribution in [1.82, 2.24) is 10.6 Å². The second kappa shape index (κ2) is 8.68. The molecule has 0 bridgehead atoms. The number of carbonyl (C=O) groups excluding carboxylic acids is 3. The Morgan fingerprint density at radius 3 is 2.40 bits per heavy atom. The minimum Gasteiger partial charge on any atom is -0.469 e. The molecule has 0 saturated carbocycles. The van der Waals surface area contributed by atoms with E-state index in [1.54, 1.807) is 0 Å². The maximum Gasteiger partial charge on any atom is 0.307 e. The Morgan fingerprint density at radius 2 is 1.75 bits per heavy atom. The third-order valence-electron chi connectivity index (χ3n) is 2.53. The summed E-state index contributed by atoms with van der Waals surface area (Å²) in [7, 11) is 1.29. The molecule has 0 atom stereocenters. The number of amides is 2. The molecule has 0 spiro atoms. The molecule has 20 heavy (non-hydrogen) atoms. The fourth-order valence-electron chi connectivity index (χ4n) is 1.49. The zero-order valence-corrected chi connectivity index (χ0v) is 11.3. The van der Waals surface area contributed by atoms with Crippen LogP contribution in [0.15, 0.2) is 30.3 Å². The molecule has 0 aliphatic rings. The minimum atomic E-state index is -0.390. The summed E-state index contributed by atoms with van der Waals surface area (Å²) in [6.45, 7) is 0.0902. The molecule has 1 rings (SSSR count). The van der Waals surface area contributed by atoms with E-state index in [9.17, 15) is 14.4 Å². The Hall–Kier alpha value is -2.37. The number of hydrogen-bond acceptors (Lipinski definition) is 4. The summed E-state index contributed by atoms with van der Waals surface area (Å²) in [6.07, 6.45) is 0.344. The van der Waals surface area contributed by atoms with E-state index in [4.69, 9.17) is 0 Å². The molecule has 1 aromatic carbocycles. The smallest absolute Gasteiger partial charge is 0.307 e. The summed E-state index contributed by atoms with van der Waals surface area (Å²) < 4.78 is 4.44. The molecule has 6 nitrogen and oxygen atoms in total. The molecule has 2 N–H and O–H groups in total. The molecular weight excluding hydrogens is 260 g/mol. The monoisotopic (exact) mass is 278 g/mol. The first-order valence-electron chi connectivity index (χ1n) is 6.26. The maximum atomic E-state index is 11.6. The number of ether oxygens (including phenoxy) is 1. The third kappa shape index (κ3) is 6.53. The molecule has 108 valence electrons. The lowest BCUT2D eigenvalue weighted by atomic mass is 10.1. The predicted molar refractivity (Wildman–Crippen MR) is 72.8 cm³/mol. The predicted octanol–water partition coefficient (Wildman–Crippen LogP) is 0.0246. The number of esters is 1. The summed E-state index contributed by atoms with van der Waals surface area (Å²) in [5.41, 5.74) is 0.885. The Bertz CT molecular complexity index is 460. The molecule has 0 radical (unpaired) electrons. The number of rotatable bonds is 7. The minimum absolute atomic E-state index is 0.104. The van der Waals surface area contributed by atoms with Gasteiger partial charge in [-0.05, 0) is 5.56 Å². The van der Waals surface area contributed by atoms with Crippen LogP contribution in [0.1, 0.15) is 12.0 Å². The van der Waals surface area contributed by atoms with Gasteiger partial charge in [-0.1, -0.05) is 30.3 Å². The van der Waals surface area contributed by atoms with Gasteiger partial charge in [0.25, 0.3) is 0 Å². The first-order chi connectivity index (χ1) is 9.61. The van der Waals surface area contributed by atoms with Crippen molar-refractivity contribution in [2.75, 3.05) is 20.2 Å². The molecule has 0 aliphatic carbocycles. The largest absolute Gasteiger partial charge is 0.469 e. The summed E-state index contributed by atoms with van der Waals surface area (Å²) in [4.78, 5) is 33.8. The van der Waals surface area contributed by atoms with Crippen LogP contribution in [0, 0.1) is 0 Å². The molecule has 0 aliphatic heterocycles. The van der Waals surface area contributed by atoms with Crippen molar-refractivity contribution in [3.05, 3.63) is 35.9 Å². The molecule has 0 fully saturated rings. The van der Waals surface area contributed by atoms with Crippen LogP contribution in [-0.2, 0) is 25.5 Å². The summed E-state index contributed by atoms with van der Waals surface area (Å²) in [5.74, 6) is -0.951. The average molecular weight is 278 g/mol. The molecule has 0 aromatic heterocycles. The van der Waals surface area contributed by atoms with Crippen molar-refractivity contribution in [3.63, 3.8) is 0 Å². The summed E-state index contributed by atoms with van der Waals surface area (Å²) in [5, 5.41) is 5.03. The van der Waals surface area contributed by atoms with E-state index in [0.717, 1.165) is 5.56 Å². The van der Waals surface area contributed by atoms with Crippen molar-refractivity contribution in [3.8, 4) is 0 Å². The molecule has 0 saturated heterocycles. The van der Waals surface area contributed by atoms with E-state index in [1.807, 2.05) is 30.3 Å². The Kier molecular flexibility index (Phi) is 6.81. The summed E-state index contributed by atoms with van der Waals surface area (Å²) in [6, 6.07) is 9.26. The van der Waals surface area contributed by atoms with E-state index in [1.165, 1.54) is 7.11 Å².